The number of aliphatic hydroxyl groups excluding tert-OH is 1. The molecule has 0 aliphatic rings. The van der Waals surface area contributed by atoms with Crippen molar-refractivity contribution in [1.82, 2.24) is 9.88 Å². The first-order valence-corrected chi connectivity index (χ1v) is 8.70. The first kappa shape index (κ1) is 16.7. The summed E-state index contributed by atoms with van der Waals surface area (Å²) in [4.78, 5) is 12.6. The zero-order valence-electron chi connectivity index (χ0n) is 13.4. The molecule has 3 rings (SSSR count). The summed E-state index contributed by atoms with van der Waals surface area (Å²) in [7, 11) is 1.64. The Bertz CT molecular complexity index is 811. The van der Waals surface area contributed by atoms with Crippen LogP contribution >= 0.6 is 11.3 Å². The highest BCUT2D eigenvalue weighted by Crippen LogP contribution is 2.20. The summed E-state index contributed by atoms with van der Waals surface area (Å²) in [6.07, 6.45) is -0.697. The number of carbonyl (C=O) groups is 1. The minimum absolute atomic E-state index is 0.182. The van der Waals surface area contributed by atoms with Crippen molar-refractivity contribution in [1.29, 1.82) is 0 Å². The maximum absolute atomic E-state index is 12.6. The summed E-state index contributed by atoms with van der Waals surface area (Å²) < 4.78 is 7.10. The van der Waals surface area contributed by atoms with Crippen molar-refractivity contribution >= 4 is 28.1 Å². The molecule has 0 aliphatic heterocycles. The van der Waals surface area contributed by atoms with Gasteiger partial charge in [0.25, 0.3) is 5.91 Å². The van der Waals surface area contributed by atoms with Gasteiger partial charge in [-0.2, -0.15) is 11.3 Å². The molecule has 0 saturated carbocycles. The topological polar surface area (TPSA) is 63.5 Å². The lowest BCUT2D eigenvalue weighted by molar-refractivity contribution is 0.0905. The van der Waals surface area contributed by atoms with Gasteiger partial charge >= 0.3 is 0 Å². The van der Waals surface area contributed by atoms with Crippen LogP contribution in [0.15, 0.2) is 47.2 Å². The van der Waals surface area contributed by atoms with Crippen molar-refractivity contribution in [3.63, 3.8) is 0 Å². The van der Waals surface area contributed by atoms with Gasteiger partial charge in [-0.05, 0) is 34.5 Å². The molecule has 0 aliphatic carbocycles. The second-order valence-corrected chi connectivity index (χ2v) is 6.30. The molecule has 2 N–H and O–H groups in total. The van der Waals surface area contributed by atoms with E-state index >= 15 is 0 Å². The summed E-state index contributed by atoms with van der Waals surface area (Å²) >= 11 is 1.52. The van der Waals surface area contributed by atoms with Crippen molar-refractivity contribution in [2.24, 2.45) is 0 Å². The number of thiophene rings is 1. The molecule has 1 atom stereocenters. The van der Waals surface area contributed by atoms with Crippen LogP contribution in [-0.4, -0.2) is 35.8 Å². The normalized spacial score (nSPS) is 12.4. The Morgan fingerprint density at radius 2 is 2.21 bits per heavy atom. The number of amides is 1. The molecule has 24 heavy (non-hydrogen) atoms. The molecule has 0 fully saturated rings. The van der Waals surface area contributed by atoms with Crippen molar-refractivity contribution in [2.45, 2.75) is 12.6 Å². The molecule has 5 nitrogen and oxygen atoms in total. The van der Waals surface area contributed by atoms with E-state index in [0.29, 0.717) is 18.8 Å². The fraction of sp³-hybridized carbons (Fsp3) is 0.278. The molecule has 2 aromatic heterocycles. The van der Waals surface area contributed by atoms with E-state index in [1.807, 2.05) is 51.7 Å². The maximum atomic E-state index is 12.6. The zero-order valence-corrected chi connectivity index (χ0v) is 14.3. The van der Waals surface area contributed by atoms with E-state index in [9.17, 15) is 9.90 Å². The molecular weight excluding hydrogens is 324 g/mol. The van der Waals surface area contributed by atoms with Crippen LogP contribution in [0.4, 0.5) is 0 Å². The molecule has 1 aromatic carbocycles. The van der Waals surface area contributed by atoms with Gasteiger partial charge in [0.1, 0.15) is 5.69 Å². The zero-order chi connectivity index (χ0) is 16.9. The molecule has 0 bridgehead atoms. The fourth-order valence-corrected chi connectivity index (χ4v) is 3.39. The molecular formula is C18H20N2O3S. The van der Waals surface area contributed by atoms with Crippen LogP contribution in [0.25, 0.3) is 10.9 Å². The van der Waals surface area contributed by atoms with Crippen LogP contribution in [0.3, 0.4) is 0 Å². The number of carbonyl (C=O) groups excluding carboxylic acids is 1. The summed E-state index contributed by atoms with van der Waals surface area (Å²) in [5, 5.41) is 17.7. The molecule has 0 spiro atoms. The third-order valence-electron chi connectivity index (χ3n) is 3.95. The van der Waals surface area contributed by atoms with Crippen LogP contribution < -0.4 is 5.32 Å². The Hall–Kier alpha value is -2.15. The Morgan fingerprint density at radius 1 is 1.38 bits per heavy atom. The number of hydrogen-bond acceptors (Lipinski definition) is 4. The summed E-state index contributed by atoms with van der Waals surface area (Å²) in [6, 6.07) is 11.6. The molecule has 6 heteroatoms. The van der Waals surface area contributed by atoms with E-state index in [0.717, 1.165) is 16.5 Å². The standard InChI is InChI=1S/C18H20N2O3S/c1-23-8-7-20-15-5-3-2-4-13(15)10-16(20)18(22)19-11-17(21)14-6-9-24-12-14/h2-6,9-10,12,17,21H,7-8,11H2,1H3,(H,19,22). The SMILES string of the molecule is COCCn1c(C(=O)NCC(O)c2ccsc2)cc2ccccc21. The second kappa shape index (κ2) is 7.61. The number of rotatable bonds is 7. The maximum Gasteiger partial charge on any atom is 0.268 e. The number of ether oxygens (including phenoxy) is 1. The van der Waals surface area contributed by atoms with Crippen LogP contribution in [-0.2, 0) is 11.3 Å². The van der Waals surface area contributed by atoms with Gasteiger partial charge in [0.2, 0.25) is 0 Å². The van der Waals surface area contributed by atoms with E-state index < -0.39 is 6.10 Å². The van der Waals surface area contributed by atoms with Gasteiger partial charge in [0.15, 0.2) is 0 Å². The number of para-hydroxylation sites is 1. The van der Waals surface area contributed by atoms with Gasteiger partial charge in [0.05, 0.1) is 12.7 Å². The van der Waals surface area contributed by atoms with Crippen LogP contribution in [0.5, 0.6) is 0 Å². The Labute approximate surface area is 144 Å². The molecule has 2 heterocycles. The van der Waals surface area contributed by atoms with E-state index in [4.69, 9.17) is 4.74 Å². The van der Waals surface area contributed by atoms with Gasteiger partial charge < -0.3 is 19.7 Å². The van der Waals surface area contributed by atoms with Gasteiger partial charge in [0, 0.05) is 31.1 Å². The average Bonchev–Trinajstić information content (AvgIpc) is 3.25. The van der Waals surface area contributed by atoms with Crippen LogP contribution in [0, 0.1) is 0 Å². The highest BCUT2D eigenvalue weighted by Gasteiger charge is 2.17. The number of hydrogen-bond donors (Lipinski definition) is 2. The Balaban J connectivity index is 1.78. The fourth-order valence-electron chi connectivity index (χ4n) is 2.68. The largest absolute Gasteiger partial charge is 0.387 e. The number of methoxy groups -OCH3 is 1. The molecule has 1 amide bonds. The van der Waals surface area contributed by atoms with Crippen LogP contribution in [0.2, 0.25) is 0 Å². The van der Waals surface area contributed by atoms with Gasteiger partial charge in [-0.1, -0.05) is 18.2 Å². The van der Waals surface area contributed by atoms with Crippen molar-refractivity contribution in [3.8, 4) is 0 Å². The third kappa shape index (κ3) is 3.51. The third-order valence-corrected chi connectivity index (χ3v) is 4.65. The van der Waals surface area contributed by atoms with Crippen molar-refractivity contribution in [3.05, 3.63) is 58.4 Å². The number of benzene rings is 1. The molecule has 1 unspecified atom stereocenters. The smallest absolute Gasteiger partial charge is 0.268 e. The Morgan fingerprint density at radius 3 is 2.96 bits per heavy atom. The predicted octanol–water partition coefficient (Wildman–Crippen LogP) is 2.81. The number of nitrogens with one attached hydrogen (secondary N) is 1. The lowest BCUT2D eigenvalue weighted by Gasteiger charge is -2.13. The summed E-state index contributed by atoms with van der Waals surface area (Å²) in [5.41, 5.74) is 2.39. The van der Waals surface area contributed by atoms with E-state index in [-0.39, 0.29) is 12.5 Å². The monoisotopic (exact) mass is 344 g/mol. The first-order valence-electron chi connectivity index (χ1n) is 7.76. The summed E-state index contributed by atoms with van der Waals surface area (Å²) in [5.74, 6) is -0.198. The van der Waals surface area contributed by atoms with Gasteiger partial charge in [-0.3, -0.25) is 4.79 Å². The van der Waals surface area contributed by atoms with Gasteiger partial charge in [-0.15, -0.1) is 0 Å². The van der Waals surface area contributed by atoms with E-state index in [2.05, 4.69) is 5.32 Å². The highest BCUT2D eigenvalue weighted by molar-refractivity contribution is 7.07. The number of aromatic nitrogens is 1. The first-order chi connectivity index (χ1) is 11.7. The van der Waals surface area contributed by atoms with Gasteiger partial charge in [-0.25, -0.2) is 0 Å². The van der Waals surface area contributed by atoms with E-state index in [1.54, 1.807) is 7.11 Å². The quantitative estimate of drug-likeness (QED) is 0.693. The molecule has 0 radical (unpaired) electrons. The predicted molar refractivity (Wildman–Crippen MR) is 95.4 cm³/mol. The van der Waals surface area contributed by atoms with Crippen molar-refractivity contribution in [2.75, 3.05) is 20.3 Å². The van der Waals surface area contributed by atoms with Crippen LogP contribution in [0.1, 0.15) is 22.2 Å². The highest BCUT2D eigenvalue weighted by atomic mass is 32.1. The lowest BCUT2D eigenvalue weighted by atomic mass is 10.2. The number of nitrogens with zero attached hydrogens (tertiary/aromatic N) is 1. The molecule has 0 saturated heterocycles. The lowest BCUT2D eigenvalue weighted by Crippen LogP contribution is -2.30. The number of fused-ring (bicyclic) bond motifs is 1. The molecule has 126 valence electrons. The second-order valence-electron chi connectivity index (χ2n) is 5.52. The Kier molecular flexibility index (Phi) is 5.30. The summed E-state index contributed by atoms with van der Waals surface area (Å²) in [6.45, 7) is 1.30. The minimum Gasteiger partial charge on any atom is -0.387 e. The van der Waals surface area contributed by atoms with E-state index in [1.165, 1.54) is 11.3 Å². The average molecular weight is 344 g/mol. The van der Waals surface area contributed by atoms with Crippen molar-refractivity contribution < 1.29 is 14.6 Å². The molecule has 3 aromatic rings. The minimum atomic E-state index is -0.697. The number of aliphatic hydroxyl groups is 1.